The number of aromatic amines is 1. The van der Waals surface area contributed by atoms with Crippen molar-refractivity contribution in [3.8, 4) is 0 Å². The highest BCUT2D eigenvalue weighted by molar-refractivity contribution is 6.31. The highest BCUT2D eigenvalue weighted by atomic mass is 35.5. The second kappa shape index (κ2) is 8.52. The van der Waals surface area contributed by atoms with Crippen LogP contribution in [0.15, 0.2) is 48.9 Å². The number of rotatable bonds is 7. The summed E-state index contributed by atoms with van der Waals surface area (Å²) >= 11 is 6.08. The van der Waals surface area contributed by atoms with Gasteiger partial charge in [0, 0.05) is 46.4 Å². The van der Waals surface area contributed by atoms with Gasteiger partial charge in [-0.15, -0.1) is 0 Å². The molecule has 5 heteroatoms. The van der Waals surface area contributed by atoms with Crippen molar-refractivity contribution in [2.45, 2.75) is 51.1 Å². The van der Waals surface area contributed by atoms with Gasteiger partial charge in [0.25, 0.3) is 0 Å². The van der Waals surface area contributed by atoms with E-state index >= 15 is 0 Å². The first-order valence-electron chi connectivity index (χ1n) is 10.5. The monoisotopic (exact) mass is 398 g/mol. The van der Waals surface area contributed by atoms with Crippen LogP contribution in [0.25, 0.3) is 10.9 Å². The molecule has 28 heavy (non-hydrogen) atoms. The first kappa shape index (κ1) is 19.3. The second-order valence-corrected chi connectivity index (χ2v) is 8.70. The molecule has 2 aliphatic rings. The third kappa shape index (κ3) is 4.49. The van der Waals surface area contributed by atoms with Gasteiger partial charge < -0.3 is 20.5 Å². The van der Waals surface area contributed by atoms with Gasteiger partial charge in [-0.3, -0.25) is 0 Å². The Bertz CT molecular complexity index is 849. The SMILES string of the molecule is C=C(NCc1cc2cc(Cl)ccc2[nH]1)NC1CCCN(C(=C)C2CCCC2)C1. The number of allylic oxidation sites excluding steroid dienone is 1. The number of piperidine rings is 1. The molecule has 0 bridgehead atoms. The number of aromatic nitrogens is 1. The molecule has 150 valence electrons. The molecule has 1 saturated heterocycles. The summed E-state index contributed by atoms with van der Waals surface area (Å²) in [5.41, 5.74) is 3.59. The van der Waals surface area contributed by atoms with Crippen LogP contribution in [0.4, 0.5) is 0 Å². The van der Waals surface area contributed by atoms with Crippen LogP contribution in [-0.2, 0) is 6.54 Å². The molecule has 2 heterocycles. The second-order valence-electron chi connectivity index (χ2n) is 8.26. The van der Waals surface area contributed by atoms with Crippen LogP contribution in [0.5, 0.6) is 0 Å². The van der Waals surface area contributed by atoms with E-state index in [-0.39, 0.29) is 0 Å². The summed E-state index contributed by atoms with van der Waals surface area (Å²) in [5.74, 6) is 1.59. The summed E-state index contributed by atoms with van der Waals surface area (Å²) < 4.78 is 0. The minimum atomic E-state index is 0.424. The summed E-state index contributed by atoms with van der Waals surface area (Å²) in [6, 6.07) is 8.47. The molecule has 4 nitrogen and oxygen atoms in total. The molecule has 1 aliphatic carbocycles. The van der Waals surface area contributed by atoms with Crippen molar-refractivity contribution in [1.29, 1.82) is 0 Å². The van der Waals surface area contributed by atoms with Gasteiger partial charge in [0.1, 0.15) is 0 Å². The van der Waals surface area contributed by atoms with Gasteiger partial charge in [-0.1, -0.05) is 37.6 Å². The molecule has 0 amide bonds. The number of benzene rings is 1. The summed E-state index contributed by atoms with van der Waals surface area (Å²) in [4.78, 5) is 5.93. The fraction of sp³-hybridized carbons (Fsp3) is 0.478. The Kier molecular flexibility index (Phi) is 5.86. The van der Waals surface area contributed by atoms with Gasteiger partial charge in [-0.05, 0) is 55.9 Å². The van der Waals surface area contributed by atoms with Crippen molar-refractivity contribution in [1.82, 2.24) is 20.5 Å². The van der Waals surface area contributed by atoms with E-state index in [9.17, 15) is 0 Å². The molecule has 2 fully saturated rings. The molecular formula is C23H31ClN4. The molecule has 1 aromatic heterocycles. The Hall–Kier alpha value is -2.07. The van der Waals surface area contributed by atoms with Crippen LogP contribution >= 0.6 is 11.6 Å². The van der Waals surface area contributed by atoms with Crippen molar-refractivity contribution in [2.75, 3.05) is 13.1 Å². The maximum absolute atomic E-state index is 6.08. The molecule has 2 aromatic rings. The number of nitrogens with one attached hydrogen (secondary N) is 3. The van der Waals surface area contributed by atoms with Crippen LogP contribution in [0.1, 0.15) is 44.2 Å². The zero-order valence-corrected chi connectivity index (χ0v) is 17.3. The molecular weight excluding hydrogens is 368 g/mol. The molecule has 1 atom stereocenters. The van der Waals surface area contributed by atoms with E-state index in [1.807, 2.05) is 18.2 Å². The number of likely N-dealkylation sites (tertiary alicyclic amines) is 1. The number of fused-ring (bicyclic) bond motifs is 1. The maximum Gasteiger partial charge on any atom is 0.0918 e. The van der Waals surface area contributed by atoms with Crippen LogP contribution in [-0.4, -0.2) is 29.0 Å². The standard InChI is InChI=1S/C23H31ClN4/c1-16(18-6-3-4-7-18)28-11-5-8-21(15-28)26-17(2)25-14-22-13-19-12-20(24)9-10-23(19)27-22/h9-10,12-13,18,21,25-27H,1-8,11,14-15H2. The molecule has 1 aromatic carbocycles. The number of nitrogens with zero attached hydrogens (tertiary/aromatic N) is 1. The van der Waals surface area contributed by atoms with Crippen LogP contribution in [0.3, 0.4) is 0 Å². The zero-order valence-electron chi connectivity index (χ0n) is 16.6. The predicted octanol–water partition coefficient (Wildman–Crippen LogP) is 5.14. The van der Waals surface area contributed by atoms with Crippen LogP contribution in [0.2, 0.25) is 5.02 Å². The Labute approximate surface area is 173 Å². The highest BCUT2D eigenvalue weighted by Gasteiger charge is 2.26. The van der Waals surface area contributed by atoms with Crippen molar-refractivity contribution in [2.24, 2.45) is 5.92 Å². The number of H-pyrrole nitrogens is 1. The van der Waals surface area contributed by atoms with Gasteiger partial charge in [0.05, 0.1) is 12.4 Å². The first-order valence-corrected chi connectivity index (χ1v) is 10.9. The van der Waals surface area contributed by atoms with Crippen molar-refractivity contribution in [3.05, 3.63) is 59.7 Å². The Morgan fingerprint density at radius 2 is 1.96 bits per heavy atom. The average Bonchev–Trinajstić information content (AvgIpc) is 3.35. The molecule has 3 N–H and O–H groups in total. The summed E-state index contributed by atoms with van der Waals surface area (Å²) in [6.45, 7) is 11.5. The van der Waals surface area contributed by atoms with E-state index in [2.05, 4.69) is 39.7 Å². The van der Waals surface area contributed by atoms with Gasteiger partial charge in [-0.25, -0.2) is 0 Å². The van der Waals surface area contributed by atoms with E-state index in [4.69, 9.17) is 11.6 Å². The van der Waals surface area contributed by atoms with E-state index in [0.29, 0.717) is 18.5 Å². The fourth-order valence-corrected chi connectivity index (χ4v) is 4.81. The number of hydrogen-bond acceptors (Lipinski definition) is 3. The van der Waals surface area contributed by atoms with Crippen LogP contribution in [0, 0.1) is 5.92 Å². The number of hydrogen-bond donors (Lipinski definition) is 3. The molecule has 0 radical (unpaired) electrons. The summed E-state index contributed by atoms with van der Waals surface area (Å²) in [6.07, 6.45) is 7.74. The lowest BCUT2D eigenvalue weighted by atomic mass is 9.99. The van der Waals surface area contributed by atoms with E-state index < -0.39 is 0 Å². The van der Waals surface area contributed by atoms with E-state index in [0.717, 1.165) is 40.5 Å². The van der Waals surface area contributed by atoms with E-state index in [1.165, 1.54) is 44.2 Å². The predicted molar refractivity (Wildman–Crippen MR) is 118 cm³/mol. The largest absolute Gasteiger partial charge is 0.373 e. The fourth-order valence-electron chi connectivity index (χ4n) is 4.63. The summed E-state index contributed by atoms with van der Waals surface area (Å²) in [7, 11) is 0. The molecule has 1 unspecified atom stereocenters. The number of halogens is 1. The quantitative estimate of drug-likeness (QED) is 0.605. The normalized spacial score (nSPS) is 20.5. The minimum Gasteiger partial charge on any atom is -0.373 e. The average molecular weight is 399 g/mol. The molecule has 0 spiro atoms. The maximum atomic E-state index is 6.08. The topological polar surface area (TPSA) is 43.1 Å². The minimum absolute atomic E-state index is 0.424. The van der Waals surface area contributed by atoms with Crippen molar-refractivity contribution < 1.29 is 0 Å². The third-order valence-electron chi connectivity index (χ3n) is 6.16. The van der Waals surface area contributed by atoms with Crippen molar-refractivity contribution in [3.63, 3.8) is 0 Å². The third-order valence-corrected chi connectivity index (χ3v) is 6.40. The Morgan fingerprint density at radius 3 is 2.79 bits per heavy atom. The van der Waals surface area contributed by atoms with Gasteiger partial charge in [0.2, 0.25) is 0 Å². The Balaban J connectivity index is 1.27. The molecule has 1 aliphatic heterocycles. The first-order chi connectivity index (χ1) is 13.6. The zero-order chi connectivity index (χ0) is 19.5. The lowest BCUT2D eigenvalue weighted by Gasteiger charge is -2.38. The van der Waals surface area contributed by atoms with Crippen molar-refractivity contribution >= 4 is 22.5 Å². The van der Waals surface area contributed by atoms with Gasteiger partial charge in [-0.2, -0.15) is 0 Å². The van der Waals surface area contributed by atoms with Gasteiger partial charge in [0.15, 0.2) is 0 Å². The lowest BCUT2D eigenvalue weighted by Crippen LogP contribution is -2.47. The smallest absolute Gasteiger partial charge is 0.0918 e. The van der Waals surface area contributed by atoms with Crippen LogP contribution < -0.4 is 10.6 Å². The Morgan fingerprint density at radius 1 is 1.14 bits per heavy atom. The van der Waals surface area contributed by atoms with Gasteiger partial charge >= 0.3 is 0 Å². The lowest BCUT2D eigenvalue weighted by molar-refractivity contribution is 0.219. The van der Waals surface area contributed by atoms with E-state index in [1.54, 1.807) is 0 Å². The molecule has 4 rings (SSSR count). The summed E-state index contributed by atoms with van der Waals surface area (Å²) in [5, 5.41) is 8.89. The highest BCUT2D eigenvalue weighted by Crippen LogP contribution is 2.33. The molecule has 1 saturated carbocycles.